The highest BCUT2D eigenvalue weighted by atomic mass is 16.3. The monoisotopic (exact) mass is 436 g/mol. The molecule has 3 aliphatic heterocycles. The van der Waals surface area contributed by atoms with Gasteiger partial charge in [-0.15, -0.1) is 0 Å². The lowest BCUT2D eigenvalue weighted by atomic mass is 9.76. The molecule has 0 aromatic heterocycles. The lowest BCUT2D eigenvalue weighted by molar-refractivity contribution is -0.148. The van der Waals surface area contributed by atoms with Crippen LogP contribution in [-0.2, 0) is 9.59 Å². The molecule has 5 N–H and O–H groups in total. The van der Waals surface area contributed by atoms with Gasteiger partial charge in [-0.1, -0.05) is 27.7 Å². The molecule has 0 spiro atoms. The Morgan fingerprint density at radius 2 is 2.00 bits per heavy atom. The van der Waals surface area contributed by atoms with Crippen molar-refractivity contribution in [1.82, 2.24) is 20.4 Å². The van der Waals surface area contributed by atoms with Crippen molar-refractivity contribution in [2.24, 2.45) is 33.4 Å². The number of amides is 2. The third-order valence-electron chi connectivity index (χ3n) is 6.89. The van der Waals surface area contributed by atoms with E-state index in [1.165, 1.54) is 0 Å². The number of aliphatic hydroxyl groups excluding tert-OH is 1. The van der Waals surface area contributed by atoms with Crippen molar-refractivity contribution in [2.75, 3.05) is 52.4 Å². The molecular formula is C22H40N6O3. The van der Waals surface area contributed by atoms with Gasteiger partial charge in [-0.2, -0.15) is 0 Å². The number of aliphatic hydroxyl groups is 1. The van der Waals surface area contributed by atoms with Gasteiger partial charge in [0.15, 0.2) is 0 Å². The highest BCUT2D eigenvalue weighted by Crippen LogP contribution is 2.37. The summed E-state index contributed by atoms with van der Waals surface area (Å²) in [6.07, 6.45) is 0.804. The molecule has 0 aromatic rings. The van der Waals surface area contributed by atoms with E-state index < -0.39 is 11.6 Å². The highest BCUT2D eigenvalue weighted by Gasteiger charge is 2.44. The van der Waals surface area contributed by atoms with Crippen LogP contribution < -0.4 is 16.4 Å². The van der Waals surface area contributed by atoms with Crippen LogP contribution in [0.2, 0.25) is 0 Å². The zero-order valence-electron chi connectivity index (χ0n) is 19.5. The van der Waals surface area contributed by atoms with Crippen LogP contribution >= 0.6 is 0 Å². The maximum absolute atomic E-state index is 12.9. The fourth-order valence-corrected chi connectivity index (χ4v) is 5.31. The van der Waals surface area contributed by atoms with Crippen LogP contribution in [0.1, 0.15) is 40.5 Å². The number of likely N-dealkylation sites (tertiary alicyclic amines) is 2. The lowest BCUT2D eigenvalue weighted by Crippen LogP contribution is -2.57. The van der Waals surface area contributed by atoms with Gasteiger partial charge in [0.1, 0.15) is 12.1 Å². The number of nitrogens with one attached hydrogen (secondary N) is 2. The predicted octanol–water partition coefficient (Wildman–Crippen LogP) is -0.396. The van der Waals surface area contributed by atoms with E-state index in [4.69, 9.17) is 5.73 Å². The Balaban J connectivity index is 1.55. The maximum atomic E-state index is 12.9. The average Bonchev–Trinajstić information content (AvgIpc) is 3.23. The number of carbonyl (C=O) groups is 2. The van der Waals surface area contributed by atoms with E-state index in [-0.39, 0.29) is 29.1 Å². The molecule has 9 heteroatoms. The van der Waals surface area contributed by atoms with Crippen LogP contribution in [0.5, 0.6) is 0 Å². The summed E-state index contributed by atoms with van der Waals surface area (Å²) in [5, 5.41) is 16.9. The van der Waals surface area contributed by atoms with Crippen LogP contribution in [-0.4, -0.2) is 91.1 Å². The van der Waals surface area contributed by atoms with Gasteiger partial charge in [0.2, 0.25) is 11.8 Å². The molecule has 3 rings (SSSR count). The maximum Gasteiger partial charge on any atom is 0.228 e. The summed E-state index contributed by atoms with van der Waals surface area (Å²) in [6.45, 7) is 12.6. The zero-order valence-corrected chi connectivity index (χ0v) is 19.5. The van der Waals surface area contributed by atoms with Crippen molar-refractivity contribution >= 4 is 17.6 Å². The molecular weight excluding hydrogens is 396 g/mol. The van der Waals surface area contributed by atoms with E-state index >= 15 is 0 Å². The standard InChI is InChI=1S/C22H40N6O3/c1-21(2)11-15(17-24-6-7-25-17)13-28(20(21)31)10-8-26-18(29)16-12-22(3,4)19(30)27(14-16)9-5-23/h15-16,19,30H,5-14,23H2,1-4H3,(H,24,25)(H,26,29). The molecule has 3 heterocycles. The topological polar surface area (TPSA) is 123 Å². The molecule has 2 saturated heterocycles. The van der Waals surface area contributed by atoms with Crippen molar-refractivity contribution < 1.29 is 14.7 Å². The fraction of sp³-hybridized carbons (Fsp3) is 0.864. The number of piperidine rings is 2. The van der Waals surface area contributed by atoms with E-state index in [1.54, 1.807) is 0 Å². The molecule has 31 heavy (non-hydrogen) atoms. The van der Waals surface area contributed by atoms with Gasteiger partial charge in [-0.3, -0.25) is 19.5 Å². The lowest BCUT2D eigenvalue weighted by Gasteiger charge is -2.46. The van der Waals surface area contributed by atoms with Gasteiger partial charge >= 0.3 is 0 Å². The first kappa shape index (κ1) is 23.9. The van der Waals surface area contributed by atoms with E-state index in [9.17, 15) is 14.7 Å². The summed E-state index contributed by atoms with van der Waals surface area (Å²) in [5.41, 5.74) is 4.86. The zero-order chi connectivity index (χ0) is 22.8. The van der Waals surface area contributed by atoms with Crippen LogP contribution in [0, 0.1) is 22.7 Å². The molecule has 0 saturated carbocycles. The average molecular weight is 437 g/mol. The van der Waals surface area contributed by atoms with E-state index in [1.807, 2.05) is 37.5 Å². The fourth-order valence-electron chi connectivity index (χ4n) is 5.31. The second-order valence-corrected chi connectivity index (χ2v) is 10.6. The van der Waals surface area contributed by atoms with E-state index in [0.717, 1.165) is 25.3 Å². The van der Waals surface area contributed by atoms with Crippen molar-refractivity contribution in [3.63, 3.8) is 0 Å². The Labute approximate surface area is 185 Å². The molecule has 2 amide bonds. The van der Waals surface area contributed by atoms with Crippen LogP contribution in [0.25, 0.3) is 0 Å². The van der Waals surface area contributed by atoms with Gasteiger partial charge in [0, 0.05) is 62.6 Å². The Hall–Kier alpha value is -1.71. The summed E-state index contributed by atoms with van der Waals surface area (Å²) >= 11 is 0. The number of hydrogen-bond acceptors (Lipinski definition) is 7. The Morgan fingerprint density at radius 3 is 2.65 bits per heavy atom. The first-order chi connectivity index (χ1) is 14.5. The van der Waals surface area contributed by atoms with Crippen molar-refractivity contribution in [3.8, 4) is 0 Å². The molecule has 0 bridgehead atoms. The molecule has 9 nitrogen and oxygen atoms in total. The summed E-state index contributed by atoms with van der Waals surface area (Å²) in [7, 11) is 0. The number of carbonyl (C=O) groups excluding carboxylic acids is 2. The minimum absolute atomic E-state index is 0.0240. The van der Waals surface area contributed by atoms with Crippen molar-refractivity contribution in [1.29, 1.82) is 0 Å². The van der Waals surface area contributed by atoms with E-state index in [2.05, 4.69) is 15.6 Å². The summed E-state index contributed by atoms with van der Waals surface area (Å²) < 4.78 is 0. The number of aliphatic imine (C=N–C) groups is 1. The normalized spacial score (nSPS) is 30.6. The number of hydrogen-bond donors (Lipinski definition) is 4. The van der Waals surface area contributed by atoms with Gasteiger partial charge in [0.25, 0.3) is 0 Å². The van der Waals surface area contributed by atoms with Crippen molar-refractivity contribution in [3.05, 3.63) is 0 Å². The minimum Gasteiger partial charge on any atom is -0.378 e. The minimum atomic E-state index is -0.600. The van der Waals surface area contributed by atoms with E-state index in [0.29, 0.717) is 45.7 Å². The molecule has 3 unspecified atom stereocenters. The molecule has 176 valence electrons. The second-order valence-electron chi connectivity index (χ2n) is 10.6. The molecule has 0 aromatic carbocycles. The highest BCUT2D eigenvalue weighted by molar-refractivity contribution is 5.90. The van der Waals surface area contributed by atoms with Gasteiger partial charge in [-0.05, 0) is 12.8 Å². The van der Waals surface area contributed by atoms with Gasteiger partial charge < -0.3 is 26.4 Å². The Morgan fingerprint density at radius 1 is 1.26 bits per heavy atom. The number of nitrogens with two attached hydrogens (primary N) is 1. The molecule has 3 atom stereocenters. The molecule has 3 aliphatic rings. The number of amidine groups is 1. The summed E-state index contributed by atoms with van der Waals surface area (Å²) in [6, 6.07) is 0. The molecule has 0 radical (unpaired) electrons. The molecule has 0 aliphatic carbocycles. The van der Waals surface area contributed by atoms with Gasteiger partial charge in [0.05, 0.1) is 12.5 Å². The third kappa shape index (κ3) is 5.38. The quantitative estimate of drug-likeness (QED) is 0.431. The van der Waals surface area contributed by atoms with Crippen LogP contribution in [0.15, 0.2) is 4.99 Å². The van der Waals surface area contributed by atoms with Crippen molar-refractivity contribution in [2.45, 2.75) is 46.8 Å². The summed E-state index contributed by atoms with van der Waals surface area (Å²) in [5.74, 6) is 1.13. The van der Waals surface area contributed by atoms with Crippen LogP contribution in [0.3, 0.4) is 0 Å². The first-order valence-corrected chi connectivity index (χ1v) is 11.5. The number of rotatable bonds is 7. The predicted molar refractivity (Wildman–Crippen MR) is 120 cm³/mol. The molecule has 2 fully saturated rings. The largest absolute Gasteiger partial charge is 0.378 e. The first-order valence-electron chi connectivity index (χ1n) is 11.5. The SMILES string of the molecule is CC1(C)CC(C2=NCCN2)CN(CCNC(=O)C2CN(CCN)C(O)C(C)(C)C2)C1=O. The second kappa shape index (κ2) is 9.42. The smallest absolute Gasteiger partial charge is 0.228 e. The van der Waals surface area contributed by atoms with Crippen LogP contribution in [0.4, 0.5) is 0 Å². The number of nitrogens with zero attached hydrogens (tertiary/aromatic N) is 3. The summed E-state index contributed by atoms with van der Waals surface area (Å²) in [4.78, 5) is 34.1. The third-order valence-corrected chi connectivity index (χ3v) is 6.89. The van der Waals surface area contributed by atoms with Gasteiger partial charge in [-0.25, -0.2) is 0 Å². The Kier molecular flexibility index (Phi) is 7.28. The Bertz CT molecular complexity index is 707.